The van der Waals surface area contributed by atoms with E-state index in [0.29, 0.717) is 17.0 Å². The number of amides is 1. The molecule has 0 saturated carbocycles. The molecule has 0 unspecified atom stereocenters. The van der Waals surface area contributed by atoms with Gasteiger partial charge in [-0.1, -0.05) is 11.8 Å². The van der Waals surface area contributed by atoms with Crippen LogP contribution in [0.1, 0.15) is 40.5 Å². The third-order valence-electron chi connectivity index (χ3n) is 5.45. The zero-order valence-electron chi connectivity index (χ0n) is 15.4. The first-order valence-electron chi connectivity index (χ1n) is 9.36. The van der Waals surface area contributed by atoms with Gasteiger partial charge in [0.1, 0.15) is 5.03 Å². The number of rotatable bonds is 5. The molecule has 3 aliphatic heterocycles. The lowest BCUT2D eigenvalue weighted by molar-refractivity contribution is 0.0620. The van der Waals surface area contributed by atoms with E-state index in [-0.39, 0.29) is 17.7 Å². The van der Waals surface area contributed by atoms with Crippen molar-refractivity contribution < 1.29 is 9.59 Å². The van der Waals surface area contributed by atoms with Crippen LogP contribution in [0.4, 0.5) is 0 Å². The van der Waals surface area contributed by atoms with Crippen LogP contribution < -0.4 is 5.32 Å². The number of carbonyl (C=O) groups is 2. The highest BCUT2D eigenvalue weighted by atomic mass is 32.2. The average molecular weight is 382 g/mol. The molecule has 1 amide bonds. The van der Waals surface area contributed by atoms with Gasteiger partial charge in [-0.2, -0.15) is 0 Å². The predicted molar refractivity (Wildman–Crippen MR) is 105 cm³/mol. The molecule has 1 aromatic heterocycles. The molecule has 0 radical (unpaired) electrons. The lowest BCUT2D eigenvalue weighted by Crippen LogP contribution is -2.57. The lowest BCUT2D eigenvalue weighted by atomic mass is 9.84. The second-order valence-corrected chi connectivity index (χ2v) is 8.38. The molecule has 2 bridgehead atoms. The van der Waals surface area contributed by atoms with E-state index in [1.165, 1.54) is 44.6 Å². The highest BCUT2D eigenvalue weighted by Crippen LogP contribution is 2.28. The number of benzene rings is 1. The van der Waals surface area contributed by atoms with Crippen LogP contribution in [0.3, 0.4) is 0 Å². The van der Waals surface area contributed by atoms with Gasteiger partial charge in [0.2, 0.25) is 0 Å². The van der Waals surface area contributed by atoms with Gasteiger partial charge in [-0.3, -0.25) is 9.59 Å². The molecule has 1 aromatic carbocycles. The number of nitrogens with one attached hydrogen (secondary N) is 1. The van der Waals surface area contributed by atoms with Crippen LogP contribution in [0.25, 0.3) is 0 Å². The number of hydrogen-bond donors (Lipinski definition) is 1. The Bertz CT molecular complexity index is 828. The molecule has 1 atom stereocenters. The van der Waals surface area contributed by atoms with Gasteiger partial charge in [-0.25, -0.2) is 4.98 Å². The monoisotopic (exact) mass is 381 g/mol. The molecule has 27 heavy (non-hydrogen) atoms. The first kappa shape index (κ1) is 18.2. The van der Waals surface area contributed by atoms with Crippen molar-refractivity contribution in [3.63, 3.8) is 0 Å². The van der Waals surface area contributed by atoms with Crippen LogP contribution in [0.2, 0.25) is 0 Å². The van der Waals surface area contributed by atoms with E-state index in [1.807, 2.05) is 30.3 Å². The third-order valence-corrected chi connectivity index (χ3v) is 6.41. The number of aromatic nitrogens is 1. The van der Waals surface area contributed by atoms with Crippen molar-refractivity contribution in [2.24, 2.45) is 5.92 Å². The first-order chi connectivity index (χ1) is 13.1. The minimum absolute atomic E-state index is 0.00855. The zero-order valence-corrected chi connectivity index (χ0v) is 16.2. The summed E-state index contributed by atoms with van der Waals surface area (Å²) in [5.74, 6) is 0.643. The molecular weight excluding hydrogens is 358 g/mol. The van der Waals surface area contributed by atoms with E-state index in [2.05, 4.69) is 15.2 Å². The Labute approximate surface area is 163 Å². The van der Waals surface area contributed by atoms with Crippen molar-refractivity contribution in [1.82, 2.24) is 15.2 Å². The summed E-state index contributed by atoms with van der Waals surface area (Å²) in [6, 6.07) is 11.5. The quantitative estimate of drug-likeness (QED) is 0.806. The average Bonchev–Trinajstić information content (AvgIpc) is 2.70. The van der Waals surface area contributed by atoms with Gasteiger partial charge in [-0.15, -0.1) is 0 Å². The summed E-state index contributed by atoms with van der Waals surface area (Å²) in [4.78, 5) is 31.7. The van der Waals surface area contributed by atoms with Crippen LogP contribution in [-0.4, -0.2) is 47.3 Å². The van der Waals surface area contributed by atoms with E-state index < -0.39 is 0 Å². The fourth-order valence-corrected chi connectivity index (χ4v) is 4.58. The Morgan fingerprint density at radius 2 is 1.78 bits per heavy atom. The van der Waals surface area contributed by atoms with Gasteiger partial charge in [0, 0.05) is 34.8 Å². The smallest absolute Gasteiger partial charge is 0.251 e. The van der Waals surface area contributed by atoms with Crippen molar-refractivity contribution in [2.45, 2.75) is 35.7 Å². The first-order valence-corrected chi connectivity index (χ1v) is 10.2. The van der Waals surface area contributed by atoms with Crippen LogP contribution in [0.15, 0.2) is 52.5 Å². The lowest BCUT2D eigenvalue weighted by Gasteiger charge is -2.44. The molecule has 3 aliphatic rings. The normalized spacial score (nSPS) is 23.8. The van der Waals surface area contributed by atoms with Crippen molar-refractivity contribution in [2.75, 3.05) is 19.6 Å². The Hall–Kier alpha value is -2.18. The molecule has 4 heterocycles. The number of carbonyl (C=O) groups excluding carboxylic acids is 2. The van der Waals surface area contributed by atoms with Crippen molar-refractivity contribution >= 4 is 23.5 Å². The molecule has 0 spiro atoms. The fourth-order valence-electron chi connectivity index (χ4n) is 3.82. The Morgan fingerprint density at radius 3 is 2.33 bits per heavy atom. The Balaban J connectivity index is 1.36. The van der Waals surface area contributed by atoms with Crippen molar-refractivity contribution in [3.8, 4) is 0 Å². The summed E-state index contributed by atoms with van der Waals surface area (Å²) in [7, 11) is 0. The van der Waals surface area contributed by atoms with Gasteiger partial charge in [0.25, 0.3) is 5.91 Å². The highest BCUT2D eigenvalue weighted by Gasteiger charge is 2.34. The number of hydrogen-bond acceptors (Lipinski definition) is 5. The molecule has 5 rings (SSSR count). The molecule has 2 aromatic rings. The summed E-state index contributed by atoms with van der Waals surface area (Å²) in [6.07, 6.45) is 3.98. The van der Waals surface area contributed by atoms with Crippen molar-refractivity contribution in [1.29, 1.82) is 0 Å². The Morgan fingerprint density at radius 1 is 1.07 bits per heavy atom. The predicted octanol–water partition coefficient (Wildman–Crippen LogP) is 3.26. The van der Waals surface area contributed by atoms with E-state index in [9.17, 15) is 9.59 Å². The maximum Gasteiger partial charge on any atom is 0.251 e. The number of ketones is 1. The molecular formula is C21H23N3O2S. The molecule has 1 N–H and O–H groups in total. The molecule has 5 nitrogen and oxygen atoms in total. The van der Waals surface area contributed by atoms with E-state index >= 15 is 0 Å². The van der Waals surface area contributed by atoms with Crippen LogP contribution in [0.5, 0.6) is 0 Å². The van der Waals surface area contributed by atoms with Crippen LogP contribution >= 0.6 is 11.8 Å². The summed E-state index contributed by atoms with van der Waals surface area (Å²) >= 11 is 1.51. The molecule has 3 saturated heterocycles. The van der Waals surface area contributed by atoms with Gasteiger partial charge in [0.05, 0.1) is 0 Å². The minimum atomic E-state index is 0.00855. The number of fused-ring (bicyclic) bond motifs is 3. The number of nitrogens with zero attached hydrogens (tertiary/aromatic N) is 2. The van der Waals surface area contributed by atoms with Crippen LogP contribution in [-0.2, 0) is 0 Å². The second-order valence-electron chi connectivity index (χ2n) is 7.29. The van der Waals surface area contributed by atoms with Crippen LogP contribution in [0, 0.1) is 5.92 Å². The molecule has 6 heteroatoms. The van der Waals surface area contributed by atoms with Gasteiger partial charge in [0.15, 0.2) is 5.78 Å². The molecule has 3 fully saturated rings. The topological polar surface area (TPSA) is 62.3 Å². The van der Waals surface area contributed by atoms with Gasteiger partial charge in [-0.05, 0) is 75.2 Å². The van der Waals surface area contributed by atoms with Crippen molar-refractivity contribution in [3.05, 3.63) is 53.7 Å². The second kappa shape index (κ2) is 7.82. The largest absolute Gasteiger partial charge is 0.348 e. The summed E-state index contributed by atoms with van der Waals surface area (Å²) in [5, 5.41) is 4.04. The van der Waals surface area contributed by atoms with E-state index in [1.54, 1.807) is 12.3 Å². The molecule has 0 aliphatic carbocycles. The Kier molecular flexibility index (Phi) is 5.27. The highest BCUT2D eigenvalue weighted by molar-refractivity contribution is 7.99. The molecule has 140 valence electrons. The SMILES string of the molecule is CC(=O)c1ccc(Sc2ccc(C(=O)N[C@H]3CN4CCC3CC4)cc2)nc1. The number of pyridine rings is 1. The van der Waals surface area contributed by atoms with Gasteiger partial charge >= 0.3 is 0 Å². The summed E-state index contributed by atoms with van der Waals surface area (Å²) in [5.41, 5.74) is 1.30. The maximum absolute atomic E-state index is 12.6. The number of piperidine rings is 3. The van der Waals surface area contributed by atoms with E-state index in [4.69, 9.17) is 0 Å². The maximum atomic E-state index is 12.6. The number of Topliss-reactive ketones (excluding diaryl/α,β-unsaturated/α-hetero) is 1. The standard InChI is InChI=1S/C21H23N3O2S/c1-14(25)17-4-7-20(22-12-17)27-18-5-2-16(3-6-18)21(26)23-19-13-24-10-8-15(19)9-11-24/h2-7,12,15,19H,8-11,13H2,1H3,(H,23,26)/t19-/m0/s1. The zero-order chi connectivity index (χ0) is 18.8. The van der Waals surface area contributed by atoms with Gasteiger partial charge < -0.3 is 10.2 Å². The summed E-state index contributed by atoms with van der Waals surface area (Å²) < 4.78 is 0. The summed E-state index contributed by atoms with van der Waals surface area (Å²) in [6.45, 7) is 4.85. The third kappa shape index (κ3) is 4.22. The van der Waals surface area contributed by atoms with E-state index in [0.717, 1.165) is 16.5 Å². The minimum Gasteiger partial charge on any atom is -0.348 e. The fraction of sp³-hybridized carbons (Fsp3) is 0.381.